The SMILES string of the molecule is O=C1[C@H]2C(c3ccccc3)=NO[C@H]2[C@H](NNc2ccccc2)N1Nc1ccccc1. The highest BCUT2D eigenvalue weighted by Gasteiger charge is 2.56. The Kier molecular flexibility index (Phi) is 4.78. The highest BCUT2D eigenvalue weighted by Crippen LogP contribution is 2.35. The van der Waals surface area contributed by atoms with Gasteiger partial charge in [-0.2, -0.15) is 0 Å². The zero-order chi connectivity index (χ0) is 20.3. The van der Waals surface area contributed by atoms with E-state index in [1.807, 2.05) is 91.0 Å². The molecule has 1 fully saturated rings. The molecule has 2 aliphatic rings. The normalized spacial score (nSPS) is 22.3. The van der Waals surface area contributed by atoms with Crippen molar-refractivity contribution in [3.8, 4) is 0 Å². The van der Waals surface area contributed by atoms with E-state index < -0.39 is 18.2 Å². The summed E-state index contributed by atoms with van der Waals surface area (Å²) in [5.41, 5.74) is 12.9. The van der Waals surface area contributed by atoms with Gasteiger partial charge in [0, 0.05) is 11.3 Å². The molecule has 7 heteroatoms. The van der Waals surface area contributed by atoms with Gasteiger partial charge in [-0.15, -0.1) is 0 Å². The summed E-state index contributed by atoms with van der Waals surface area (Å²) in [4.78, 5) is 19.2. The third kappa shape index (κ3) is 3.35. The van der Waals surface area contributed by atoms with Gasteiger partial charge in [-0.05, 0) is 24.3 Å². The van der Waals surface area contributed by atoms with Crippen LogP contribution in [0.2, 0.25) is 0 Å². The lowest BCUT2D eigenvalue weighted by Gasteiger charge is -2.29. The van der Waals surface area contributed by atoms with Gasteiger partial charge in [-0.3, -0.25) is 10.2 Å². The van der Waals surface area contributed by atoms with Gasteiger partial charge in [0.25, 0.3) is 5.91 Å². The first-order valence-corrected chi connectivity index (χ1v) is 9.82. The van der Waals surface area contributed by atoms with Crippen LogP contribution in [0.4, 0.5) is 11.4 Å². The highest BCUT2D eigenvalue weighted by molar-refractivity contribution is 6.15. The number of hydrogen-bond donors (Lipinski definition) is 3. The van der Waals surface area contributed by atoms with Crippen molar-refractivity contribution in [1.82, 2.24) is 10.4 Å². The van der Waals surface area contributed by atoms with Crippen LogP contribution in [0.15, 0.2) is 96.2 Å². The maximum atomic E-state index is 13.4. The van der Waals surface area contributed by atoms with Crippen LogP contribution in [0, 0.1) is 5.92 Å². The molecule has 5 rings (SSSR count). The van der Waals surface area contributed by atoms with Crippen LogP contribution in [0.1, 0.15) is 5.56 Å². The fraction of sp³-hybridized carbons (Fsp3) is 0.130. The predicted octanol–water partition coefficient (Wildman–Crippen LogP) is 3.22. The van der Waals surface area contributed by atoms with Crippen LogP contribution in [-0.2, 0) is 9.63 Å². The fourth-order valence-electron chi connectivity index (χ4n) is 3.77. The molecule has 150 valence electrons. The van der Waals surface area contributed by atoms with Crippen LogP contribution >= 0.6 is 0 Å². The summed E-state index contributed by atoms with van der Waals surface area (Å²) in [6.07, 6.45) is -0.951. The van der Waals surface area contributed by atoms with Gasteiger partial charge in [0.05, 0.1) is 5.69 Å². The molecule has 0 aromatic heterocycles. The summed E-state index contributed by atoms with van der Waals surface area (Å²) >= 11 is 0. The van der Waals surface area contributed by atoms with Crippen molar-refractivity contribution in [2.24, 2.45) is 11.1 Å². The second-order valence-electron chi connectivity index (χ2n) is 7.16. The minimum absolute atomic E-state index is 0.101. The number of hydrazine groups is 2. The molecule has 0 aliphatic carbocycles. The largest absolute Gasteiger partial charge is 0.387 e. The Hall–Kier alpha value is -3.84. The van der Waals surface area contributed by atoms with Gasteiger partial charge in [-0.25, -0.2) is 10.4 Å². The molecule has 1 amide bonds. The third-order valence-electron chi connectivity index (χ3n) is 5.22. The number of rotatable bonds is 6. The standard InChI is InChI=1S/C23H21N5O2/c29-23-19-20(16-10-4-1-5-11-16)27-30-21(19)22(25-24-17-12-6-2-7-13-17)28(23)26-18-14-8-3-9-15-18/h1-15,19,21-22,24-26H/t19-,21+,22+/m0/s1. The average molecular weight is 399 g/mol. The van der Waals surface area contributed by atoms with Crippen molar-refractivity contribution < 1.29 is 9.63 Å². The van der Waals surface area contributed by atoms with Gasteiger partial charge in [0.2, 0.25) is 0 Å². The van der Waals surface area contributed by atoms with E-state index in [4.69, 9.17) is 4.84 Å². The number of anilines is 2. The first-order chi connectivity index (χ1) is 14.8. The van der Waals surface area contributed by atoms with Gasteiger partial charge in [-0.1, -0.05) is 71.9 Å². The predicted molar refractivity (Wildman–Crippen MR) is 115 cm³/mol. The molecular formula is C23H21N5O2. The lowest BCUT2D eigenvalue weighted by Crippen LogP contribution is -2.52. The Morgan fingerprint density at radius 3 is 2.07 bits per heavy atom. The molecule has 3 N–H and O–H groups in total. The summed E-state index contributed by atoms with van der Waals surface area (Å²) in [5.74, 6) is -0.602. The zero-order valence-electron chi connectivity index (χ0n) is 16.1. The van der Waals surface area contributed by atoms with Gasteiger partial charge < -0.3 is 10.3 Å². The van der Waals surface area contributed by atoms with Crippen LogP contribution < -0.4 is 16.3 Å². The van der Waals surface area contributed by atoms with Crippen molar-refractivity contribution in [3.05, 3.63) is 96.6 Å². The van der Waals surface area contributed by atoms with Crippen LogP contribution in [-0.4, -0.2) is 28.9 Å². The number of carbonyl (C=O) groups is 1. The van der Waals surface area contributed by atoms with E-state index in [0.717, 1.165) is 16.9 Å². The lowest BCUT2D eigenvalue weighted by molar-refractivity contribution is -0.129. The van der Waals surface area contributed by atoms with Crippen molar-refractivity contribution in [3.63, 3.8) is 0 Å². The number of benzene rings is 3. The number of amides is 1. The van der Waals surface area contributed by atoms with Gasteiger partial charge in [0.15, 0.2) is 12.3 Å². The quantitative estimate of drug-likeness (QED) is 0.555. The molecule has 1 saturated heterocycles. The zero-order valence-corrected chi connectivity index (χ0v) is 16.1. The third-order valence-corrected chi connectivity index (χ3v) is 5.22. The summed E-state index contributed by atoms with van der Waals surface area (Å²) in [6, 6.07) is 29.0. The first kappa shape index (κ1) is 18.2. The Morgan fingerprint density at radius 2 is 1.40 bits per heavy atom. The Balaban J connectivity index is 1.43. The second-order valence-corrected chi connectivity index (χ2v) is 7.16. The molecule has 3 atom stereocenters. The smallest absolute Gasteiger partial charge is 0.255 e. The molecule has 3 aromatic rings. The summed E-state index contributed by atoms with van der Waals surface area (Å²) in [5, 5.41) is 5.84. The summed E-state index contributed by atoms with van der Waals surface area (Å²) in [7, 11) is 0. The fourth-order valence-corrected chi connectivity index (χ4v) is 3.77. The van der Waals surface area contributed by atoms with E-state index >= 15 is 0 Å². The number of hydrogen-bond acceptors (Lipinski definition) is 6. The van der Waals surface area contributed by atoms with Crippen molar-refractivity contribution >= 4 is 23.0 Å². The van der Waals surface area contributed by atoms with E-state index in [1.165, 1.54) is 0 Å². The van der Waals surface area contributed by atoms with Crippen molar-refractivity contribution in [2.75, 3.05) is 10.9 Å². The number of nitrogens with zero attached hydrogens (tertiary/aromatic N) is 2. The molecule has 0 unspecified atom stereocenters. The molecule has 2 heterocycles. The van der Waals surface area contributed by atoms with E-state index in [0.29, 0.717) is 5.71 Å². The number of nitrogens with one attached hydrogen (secondary N) is 3. The van der Waals surface area contributed by atoms with E-state index in [9.17, 15) is 4.79 Å². The molecule has 0 spiro atoms. The van der Waals surface area contributed by atoms with Crippen molar-refractivity contribution in [2.45, 2.75) is 12.3 Å². The first-order valence-electron chi connectivity index (χ1n) is 9.82. The minimum atomic E-state index is -0.501. The van der Waals surface area contributed by atoms with Crippen LogP contribution in [0.5, 0.6) is 0 Å². The number of oxime groups is 1. The Bertz CT molecular complexity index is 1040. The van der Waals surface area contributed by atoms with E-state index in [1.54, 1.807) is 5.01 Å². The number of carbonyl (C=O) groups excluding carboxylic acids is 1. The topological polar surface area (TPSA) is 78.0 Å². The molecule has 0 bridgehead atoms. The molecule has 30 heavy (non-hydrogen) atoms. The molecule has 7 nitrogen and oxygen atoms in total. The molecule has 0 radical (unpaired) electrons. The van der Waals surface area contributed by atoms with Crippen LogP contribution in [0.25, 0.3) is 0 Å². The maximum absolute atomic E-state index is 13.4. The summed E-state index contributed by atoms with van der Waals surface area (Å²) < 4.78 is 0. The number of fused-ring (bicyclic) bond motifs is 1. The monoisotopic (exact) mass is 399 g/mol. The summed E-state index contributed by atoms with van der Waals surface area (Å²) in [6.45, 7) is 0. The van der Waals surface area contributed by atoms with Crippen LogP contribution in [0.3, 0.4) is 0 Å². The second kappa shape index (κ2) is 7.88. The molecule has 2 aliphatic heterocycles. The lowest BCUT2D eigenvalue weighted by atomic mass is 9.94. The number of para-hydroxylation sites is 2. The van der Waals surface area contributed by atoms with E-state index in [2.05, 4.69) is 21.4 Å². The molecule has 0 saturated carbocycles. The Morgan fingerprint density at radius 1 is 0.800 bits per heavy atom. The Labute approximate surface area is 174 Å². The van der Waals surface area contributed by atoms with Gasteiger partial charge >= 0.3 is 0 Å². The minimum Gasteiger partial charge on any atom is -0.387 e. The maximum Gasteiger partial charge on any atom is 0.255 e. The van der Waals surface area contributed by atoms with E-state index in [-0.39, 0.29) is 5.91 Å². The van der Waals surface area contributed by atoms with Gasteiger partial charge in [0.1, 0.15) is 11.6 Å². The highest BCUT2D eigenvalue weighted by atomic mass is 16.6. The van der Waals surface area contributed by atoms with Crippen molar-refractivity contribution in [1.29, 1.82) is 0 Å². The molecular weight excluding hydrogens is 378 g/mol. The average Bonchev–Trinajstić information content (AvgIpc) is 3.34. The molecule has 3 aromatic carbocycles.